The second-order valence-electron chi connectivity index (χ2n) is 4.59. The van der Waals surface area contributed by atoms with E-state index in [9.17, 15) is 13.2 Å². The molecule has 0 bridgehead atoms. The number of nitriles is 1. The molecule has 0 aromatic carbocycles. The van der Waals surface area contributed by atoms with Gasteiger partial charge in [0, 0.05) is 19.0 Å². The van der Waals surface area contributed by atoms with Crippen LogP contribution in [-0.4, -0.2) is 48.1 Å². The molecular weight excluding hydrogens is 296 g/mol. The molecule has 21 heavy (non-hydrogen) atoms. The molecule has 1 fully saturated rings. The molecule has 1 aromatic heterocycles. The molecule has 0 spiro atoms. The Balaban J connectivity index is 2.32. The smallest absolute Gasteiger partial charge is 0.342 e. The van der Waals surface area contributed by atoms with Crippen LogP contribution >= 0.6 is 0 Å². The highest BCUT2D eigenvalue weighted by molar-refractivity contribution is 7.89. The van der Waals surface area contributed by atoms with E-state index in [-0.39, 0.29) is 36.2 Å². The van der Waals surface area contributed by atoms with Crippen molar-refractivity contribution in [2.24, 2.45) is 0 Å². The molecule has 8 nitrogen and oxygen atoms in total. The number of sulfonamides is 1. The standard InChI is InChI=1S/C12H16N4O4S/c1-2-20-12(17)10-8-14-15-11(10)21(18,19)16(7-3-6-13)9-4-5-9/h8-9H,2-5,7H2,1H3,(H,14,15). The Kier molecular flexibility index (Phi) is 4.59. The molecule has 0 saturated heterocycles. The third-order valence-corrected chi connectivity index (χ3v) is 4.99. The quantitative estimate of drug-likeness (QED) is 0.739. The molecular formula is C12H16N4O4S. The van der Waals surface area contributed by atoms with Crippen molar-refractivity contribution in [3.63, 3.8) is 0 Å². The molecule has 0 aliphatic heterocycles. The molecule has 1 aliphatic carbocycles. The number of rotatable bonds is 7. The van der Waals surface area contributed by atoms with E-state index in [1.54, 1.807) is 6.92 Å². The van der Waals surface area contributed by atoms with E-state index in [4.69, 9.17) is 10.00 Å². The molecule has 0 amide bonds. The van der Waals surface area contributed by atoms with Gasteiger partial charge in [-0.15, -0.1) is 0 Å². The minimum absolute atomic E-state index is 0.0958. The van der Waals surface area contributed by atoms with E-state index in [0.717, 1.165) is 19.0 Å². The van der Waals surface area contributed by atoms with Gasteiger partial charge in [-0.2, -0.15) is 14.7 Å². The molecule has 0 atom stereocenters. The van der Waals surface area contributed by atoms with Crippen LogP contribution in [0.1, 0.15) is 36.5 Å². The number of carbonyl (C=O) groups is 1. The lowest BCUT2D eigenvalue weighted by Crippen LogP contribution is -2.35. The van der Waals surface area contributed by atoms with E-state index >= 15 is 0 Å². The van der Waals surface area contributed by atoms with Crippen molar-refractivity contribution in [1.29, 1.82) is 5.26 Å². The van der Waals surface area contributed by atoms with Gasteiger partial charge < -0.3 is 4.74 Å². The average molecular weight is 312 g/mol. The van der Waals surface area contributed by atoms with E-state index < -0.39 is 16.0 Å². The third-order valence-electron chi connectivity index (χ3n) is 3.06. The maximum atomic E-state index is 12.6. The van der Waals surface area contributed by atoms with Crippen molar-refractivity contribution in [3.05, 3.63) is 11.8 Å². The number of ether oxygens (including phenoxy) is 1. The number of hydrogen-bond acceptors (Lipinski definition) is 6. The highest BCUT2D eigenvalue weighted by atomic mass is 32.2. The molecule has 1 saturated carbocycles. The maximum Gasteiger partial charge on any atom is 0.342 e. The van der Waals surface area contributed by atoms with Crippen LogP contribution in [0, 0.1) is 11.3 Å². The van der Waals surface area contributed by atoms with E-state index in [1.165, 1.54) is 4.31 Å². The van der Waals surface area contributed by atoms with Crippen molar-refractivity contribution >= 4 is 16.0 Å². The van der Waals surface area contributed by atoms with Crippen LogP contribution < -0.4 is 0 Å². The predicted octanol–water partition coefficient (Wildman–Crippen LogP) is 0.653. The second-order valence-corrected chi connectivity index (χ2v) is 6.42. The second kappa shape index (κ2) is 6.24. The summed E-state index contributed by atoms with van der Waals surface area (Å²) in [5.41, 5.74) is -0.112. The zero-order valence-electron chi connectivity index (χ0n) is 11.6. The Hall–Kier alpha value is -1.92. The minimum Gasteiger partial charge on any atom is -0.462 e. The van der Waals surface area contributed by atoms with Crippen LogP contribution in [0.5, 0.6) is 0 Å². The fraction of sp³-hybridized carbons (Fsp3) is 0.583. The Morgan fingerprint density at radius 3 is 2.90 bits per heavy atom. The van der Waals surface area contributed by atoms with Crippen LogP contribution in [0.25, 0.3) is 0 Å². The van der Waals surface area contributed by atoms with Gasteiger partial charge in [0.1, 0.15) is 5.56 Å². The summed E-state index contributed by atoms with van der Waals surface area (Å²) in [4.78, 5) is 11.8. The van der Waals surface area contributed by atoms with E-state index in [1.807, 2.05) is 6.07 Å². The van der Waals surface area contributed by atoms with Crippen LogP contribution in [0.3, 0.4) is 0 Å². The number of nitrogens with zero attached hydrogens (tertiary/aromatic N) is 3. The van der Waals surface area contributed by atoms with Gasteiger partial charge in [-0.25, -0.2) is 13.2 Å². The van der Waals surface area contributed by atoms with Crippen molar-refractivity contribution in [2.75, 3.05) is 13.2 Å². The summed E-state index contributed by atoms with van der Waals surface area (Å²) in [6.45, 7) is 1.88. The molecule has 1 N–H and O–H groups in total. The van der Waals surface area contributed by atoms with Crippen molar-refractivity contribution in [2.45, 2.75) is 37.3 Å². The zero-order chi connectivity index (χ0) is 15.5. The number of aromatic amines is 1. The first kappa shape index (κ1) is 15.5. The lowest BCUT2D eigenvalue weighted by Gasteiger charge is -2.20. The molecule has 1 aromatic rings. The number of aromatic nitrogens is 2. The molecule has 1 heterocycles. The Morgan fingerprint density at radius 1 is 1.62 bits per heavy atom. The minimum atomic E-state index is -3.90. The summed E-state index contributed by atoms with van der Waals surface area (Å²) in [5.74, 6) is -0.735. The van der Waals surface area contributed by atoms with E-state index in [2.05, 4.69) is 10.2 Å². The number of esters is 1. The van der Waals surface area contributed by atoms with Crippen molar-refractivity contribution < 1.29 is 17.9 Å². The predicted molar refractivity (Wildman–Crippen MR) is 71.7 cm³/mol. The van der Waals surface area contributed by atoms with Crippen molar-refractivity contribution in [1.82, 2.24) is 14.5 Å². The van der Waals surface area contributed by atoms with Gasteiger partial charge in [0.05, 0.1) is 18.9 Å². The van der Waals surface area contributed by atoms with Crippen LogP contribution in [-0.2, 0) is 14.8 Å². The first-order valence-electron chi connectivity index (χ1n) is 6.61. The van der Waals surface area contributed by atoms with Gasteiger partial charge in [-0.05, 0) is 19.8 Å². The first-order chi connectivity index (χ1) is 10.0. The fourth-order valence-corrected chi connectivity index (χ4v) is 3.72. The number of carbonyl (C=O) groups excluding carboxylic acids is 1. The van der Waals surface area contributed by atoms with Crippen LogP contribution in [0.4, 0.5) is 0 Å². The van der Waals surface area contributed by atoms with Gasteiger partial charge in [-0.3, -0.25) is 5.10 Å². The summed E-state index contributed by atoms with van der Waals surface area (Å²) in [5, 5.41) is 14.4. The molecule has 1 aliphatic rings. The SMILES string of the molecule is CCOC(=O)c1cn[nH]c1S(=O)(=O)N(CCC#N)C1CC1. The van der Waals surface area contributed by atoms with Gasteiger partial charge in [-0.1, -0.05) is 0 Å². The van der Waals surface area contributed by atoms with Gasteiger partial charge in [0.2, 0.25) is 0 Å². The first-order valence-corrected chi connectivity index (χ1v) is 8.05. The van der Waals surface area contributed by atoms with Crippen molar-refractivity contribution in [3.8, 4) is 6.07 Å². The molecule has 2 rings (SSSR count). The summed E-state index contributed by atoms with van der Waals surface area (Å²) in [7, 11) is -3.90. The monoisotopic (exact) mass is 312 g/mol. The highest BCUT2D eigenvalue weighted by Crippen LogP contribution is 2.32. The third kappa shape index (κ3) is 3.22. The van der Waals surface area contributed by atoms with Gasteiger partial charge in [0.25, 0.3) is 10.0 Å². The molecule has 9 heteroatoms. The number of nitrogens with one attached hydrogen (secondary N) is 1. The number of H-pyrrole nitrogens is 1. The van der Waals surface area contributed by atoms with Gasteiger partial charge >= 0.3 is 5.97 Å². The summed E-state index contributed by atoms with van der Waals surface area (Å²) >= 11 is 0. The van der Waals surface area contributed by atoms with Crippen LogP contribution in [0.15, 0.2) is 11.2 Å². The number of hydrogen-bond donors (Lipinski definition) is 1. The van der Waals surface area contributed by atoms with Gasteiger partial charge in [0.15, 0.2) is 5.03 Å². The maximum absolute atomic E-state index is 12.6. The normalized spacial score (nSPS) is 14.9. The largest absolute Gasteiger partial charge is 0.462 e. The summed E-state index contributed by atoms with van der Waals surface area (Å²) in [6, 6.07) is 1.82. The highest BCUT2D eigenvalue weighted by Gasteiger charge is 2.40. The van der Waals surface area contributed by atoms with E-state index in [0.29, 0.717) is 0 Å². The lowest BCUT2D eigenvalue weighted by atomic mass is 10.4. The average Bonchev–Trinajstić information content (AvgIpc) is 3.13. The fourth-order valence-electron chi connectivity index (χ4n) is 1.96. The topological polar surface area (TPSA) is 116 Å². The Morgan fingerprint density at radius 2 is 2.33 bits per heavy atom. The van der Waals surface area contributed by atoms with Crippen LogP contribution in [0.2, 0.25) is 0 Å². The Bertz CT molecular complexity index is 657. The Labute approximate surface area is 122 Å². The molecule has 0 radical (unpaired) electrons. The molecule has 114 valence electrons. The summed E-state index contributed by atoms with van der Waals surface area (Å²) in [6.07, 6.45) is 2.75. The zero-order valence-corrected chi connectivity index (χ0v) is 12.4. The summed E-state index contributed by atoms with van der Waals surface area (Å²) < 4.78 is 31.4. The molecule has 0 unspecified atom stereocenters. The lowest BCUT2D eigenvalue weighted by molar-refractivity contribution is 0.0521.